The molecule has 2 heterocycles. The van der Waals surface area contributed by atoms with Gasteiger partial charge in [-0.15, -0.1) is 0 Å². The largest absolute Gasteiger partial charge is 0.381 e. The van der Waals surface area contributed by atoms with Gasteiger partial charge in [-0.05, 0) is 67.1 Å². The molecule has 2 aliphatic heterocycles. The van der Waals surface area contributed by atoms with Crippen LogP contribution in [0.5, 0.6) is 0 Å². The highest BCUT2D eigenvalue weighted by molar-refractivity contribution is 9.10. The topological polar surface area (TPSA) is 70.7 Å². The van der Waals surface area contributed by atoms with E-state index in [1.165, 1.54) is 0 Å². The average Bonchev–Trinajstić information content (AvgIpc) is 2.70. The summed E-state index contributed by atoms with van der Waals surface area (Å²) >= 11 is 10.1. The minimum Gasteiger partial charge on any atom is -0.381 e. The van der Waals surface area contributed by atoms with Gasteiger partial charge in [0.2, 0.25) is 5.91 Å². The van der Waals surface area contributed by atoms with E-state index in [0.717, 1.165) is 49.2 Å². The first-order valence-electron chi connectivity index (χ1n) is 10.7. The number of carbonyl (C=O) groups is 2. The van der Waals surface area contributed by atoms with Crippen LogP contribution in [0, 0.1) is 11.8 Å². The summed E-state index contributed by atoms with van der Waals surface area (Å²) in [5, 5.41) is 6.44. The number of hydrogen-bond donors (Lipinski definition) is 2. The molecule has 3 rings (SSSR count). The standard InChI is InChI=1S/C22H31BrClN3O3/c1-4-27(16-5-7-30-8-6-16)19-11-15(24)10-17(20(19)23)21(28)25-12-18-13(2)9-14(3)26-22(18)29/h10-11,13-14,16,18H,4-9,12H2,1-3H3,(H,25,28)(H,26,29). The second-order valence-corrected chi connectivity index (χ2v) is 9.58. The maximum Gasteiger partial charge on any atom is 0.252 e. The molecule has 2 fully saturated rings. The highest BCUT2D eigenvalue weighted by Gasteiger charge is 2.32. The monoisotopic (exact) mass is 499 g/mol. The Labute approximate surface area is 192 Å². The molecular weight excluding hydrogens is 470 g/mol. The van der Waals surface area contributed by atoms with Crippen molar-refractivity contribution in [3.05, 3.63) is 27.2 Å². The Kier molecular flexibility index (Phi) is 8.04. The summed E-state index contributed by atoms with van der Waals surface area (Å²) in [5.74, 6) is -0.232. The summed E-state index contributed by atoms with van der Waals surface area (Å²) < 4.78 is 6.23. The summed E-state index contributed by atoms with van der Waals surface area (Å²) in [6.45, 7) is 8.78. The number of rotatable bonds is 6. The van der Waals surface area contributed by atoms with E-state index in [1.54, 1.807) is 6.07 Å². The molecule has 2 amide bonds. The van der Waals surface area contributed by atoms with E-state index in [1.807, 2.05) is 13.0 Å². The summed E-state index contributed by atoms with van der Waals surface area (Å²) in [6, 6.07) is 4.10. The van der Waals surface area contributed by atoms with Gasteiger partial charge in [-0.25, -0.2) is 0 Å². The van der Waals surface area contributed by atoms with Crippen molar-refractivity contribution in [3.8, 4) is 0 Å². The molecule has 30 heavy (non-hydrogen) atoms. The van der Waals surface area contributed by atoms with Gasteiger partial charge in [-0.3, -0.25) is 9.59 Å². The minimum absolute atomic E-state index is 0.00377. The van der Waals surface area contributed by atoms with Gasteiger partial charge in [0.1, 0.15) is 0 Å². The quantitative estimate of drug-likeness (QED) is 0.619. The van der Waals surface area contributed by atoms with E-state index in [4.69, 9.17) is 16.3 Å². The third-order valence-corrected chi connectivity index (χ3v) is 7.22. The van der Waals surface area contributed by atoms with Gasteiger partial charge in [0.15, 0.2) is 0 Å². The Morgan fingerprint density at radius 3 is 2.67 bits per heavy atom. The zero-order chi connectivity index (χ0) is 21.8. The van der Waals surface area contributed by atoms with Crippen molar-refractivity contribution < 1.29 is 14.3 Å². The van der Waals surface area contributed by atoms with Crippen molar-refractivity contribution in [1.29, 1.82) is 0 Å². The lowest BCUT2D eigenvalue weighted by Gasteiger charge is -2.36. The molecule has 2 N–H and O–H groups in total. The zero-order valence-electron chi connectivity index (χ0n) is 17.8. The number of hydrogen-bond acceptors (Lipinski definition) is 4. The van der Waals surface area contributed by atoms with Crippen LogP contribution in [0.15, 0.2) is 16.6 Å². The summed E-state index contributed by atoms with van der Waals surface area (Å²) in [6.07, 6.45) is 2.80. The predicted octanol–water partition coefficient (Wildman–Crippen LogP) is 4.00. The maximum absolute atomic E-state index is 13.0. The number of amides is 2. The van der Waals surface area contributed by atoms with E-state index in [9.17, 15) is 9.59 Å². The summed E-state index contributed by atoms with van der Waals surface area (Å²) in [4.78, 5) is 27.6. The van der Waals surface area contributed by atoms with E-state index in [0.29, 0.717) is 23.2 Å². The lowest BCUT2D eigenvalue weighted by atomic mass is 9.84. The zero-order valence-corrected chi connectivity index (χ0v) is 20.2. The number of benzene rings is 1. The fraction of sp³-hybridized carbons (Fsp3) is 0.636. The Balaban J connectivity index is 1.77. The lowest BCUT2D eigenvalue weighted by Crippen LogP contribution is -2.50. The van der Waals surface area contributed by atoms with Crippen LogP contribution in [0.2, 0.25) is 5.02 Å². The van der Waals surface area contributed by atoms with Crippen LogP contribution in [-0.2, 0) is 9.53 Å². The van der Waals surface area contributed by atoms with Crippen LogP contribution >= 0.6 is 27.5 Å². The van der Waals surface area contributed by atoms with Gasteiger partial charge >= 0.3 is 0 Å². The van der Waals surface area contributed by atoms with Crippen molar-refractivity contribution in [2.75, 3.05) is 31.2 Å². The normalized spacial score (nSPS) is 25.0. The lowest BCUT2D eigenvalue weighted by molar-refractivity contribution is -0.129. The Hall–Kier alpha value is -1.31. The molecule has 0 aliphatic carbocycles. The highest BCUT2D eigenvalue weighted by atomic mass is 79.9. The van der Waals surface area contributed by atoms with Crippen LogP contribution in [0.4, 0.5) is 5.69 Å². The Bertz CT molecular complexity index is 785. The van der Waals surface area contributed by atoms with Gasteiger partial charge < -0.3 is 20.3 Å². The first kappa shape index (κ1) is 23.4. The number of carbonyl (C=O) groups excluding carboxylic acids is 2. The second-order valence-electron chi connectivity index (χ2n) is 8.36. The van der Waals surface area contributed by atoms with Crippen molar-refractivity contribution in [2.45, 2.75) is 52.1 Å². The number of piperidine rings is 1. The Morgan fingerprint density at radius 1 is 1.33 bits per heavy atom. The molecule has 0 aromatic heterocycles. The number of nitrogens with one attached hydrogen (secondary N) is 2. The van der Waals surface area contributed by atoms with Crippen LogP contribution in [0.1, 0.15) is 50.4 Å². The number of nitrogens with zero attached hydrogens (tertiary/aromatic N) is 1. The second kappa shape index (κ2) is 10.3. The van der Waals surface area contributed by atoms with Crippen molar-refractivity contribution >= 4 is 45.0 Å². The maximum atomic E-state index is 13.0. The molecule has 0 spiro atoms. The number of halogens is 2. The minimum atomic E-state index is -0.229. The average molecular weight is 501 g/mol. The first-order valence-corrected chi connectivity index (χ1v) is 11.9. The van der Waals surface area contributed by atoms with E-state index < -0.39 is 0 Å². The van der Waals surface area contributed by atoms with Crippen LogP contribution < -0.4 is 15.5 Å². The van der Waals surface area contributed by atoms with Crippen molar-refractivity contribution in [1.82, 2.24) is 10.6 Å². The smallest absolute Gasteiger partial charge is 0.252 e. The molecule has 0 bridgehead atoms. The molecule has 2 saturated heterocycles. The summed E-state index contributed by atoms with van der Waals surface area (Å²) in [7, 11) is 0. The number of ether oxygens (including phenoxy) is 1. The van der Waals surface area contributed by atoms with E-state index in [-0.39, 0.29) is 29.7 Å². The molecule has 0 radical (unpaired) electrons. The van der Waals surface area contributed by atoms with Crippen LogP contribution in [0.3, 0.4) is 0 Å². The third-order valence-electron chi connectivity index (χ3n) is 6.16. The predicted molar refractivity (Wildman–Crippen MR) is 123 cm³/mol. The SMILES string of the molecule is CCN(c1cc(Cl)cc(C(=O)NCC2C(=O)NC(C)CC2C)c1Br)C1CCOCC1. The molecule has 3 atom stereocenters. The molecule has 6 nitrogen and oxygen atoms in total. The first-order chi connectivity index (χ1) is 14.3. The molecule has 1 aromatic carbocycles. The molecule has 3 unspecified atom stereocenters. The summed E-state index contributed by atoms with van der Waals surface area (Å²) in [5.41, 5.74) is 1.40. The highest BCUT2D eigenvalue weighted by Crippen LogP contribution is 2.36. The number of anilines is 1. The molecule has 8 heteroatoms. The molecule has 1 aromatic rings. The van der Waals surface area contributed by atoms with Crippen molar-refractivity contribution in [2.24, 2.45) is 11.8 Å². The van der Waals surface area contributed by atoms with Gasteiger partial charge in [0, 0.05) is 43.4 Å². The van der Waals surface area contributed by atoms with E-state index >= 15 is 0 Å². The van der Waals surface area contributed by atoms with Crippen molar-refractivity contribution in [3.63, 3.8) is 0 Å². The molecular formula is C22H31BrClN3O3. The van der Waals surface area contributed by atoms with Gasteiger partial charge in [0.05, 0.1) is 21.6 Å². The fourth-order valence-electron chi connectivity index (χ4n) is 4.55. The molecule has 2 aliphatic rings. The van der Waals surface area contributed by atoms with Crippen LogP contribution in [-0.4, -0.2) is 50.2 Å². The van der Waals surface area contributed by atoms with Crippen LogP contribution in [0.25, 0.3) is 0 Å². The fourth-order valence-corrected chi connectivity index (χ4v) is 5.40. The third kappa shape index (κ3) is 5.29. The van der Waals surface area contributed by atoms with E-state index in [2.05, 4.69) is 45.3 Å². The van der Waals surface area contributed by atoms with Gasteiger partial charge in [-0.1, -0.05) is 18.5 Å². The van der Waals surface area contributed by atoms with Gasteiger partial charge in [-0.2, -0.15) is 0 Å². The van der Waals surface area contributed by atoms with Gasteiger partial charge in [0.25, 0.3) is 5.91 Å². The Morgan fingerprint density at radius 2 is 2.03 bits per heavy atom. The molecule has 166 valence electrons. The molecule has 0 saturated carbocycles.